The minimum absolute atomic E-state index is 0.182. The van der Waals surface area contributed by atoms with Gasteiger partial charge in [0.25, 0.3) is 0 Å². The van der Waals surface area contributed by atoms with Gasteiger partial charge in [0, 0.05) is 43.7 Å². The van der Waals surface area contributed by atoms with Gasteiger partial charge in [0.1, 0.15) is 18.0 Å². The molecule has 0 radical (unpaired) electrons. The summed E-state index contributed by atoms with van der Waals surface area (Å²) >= 11 is 0. The number of rotatable bonds is 4. The van der Waals surface area contributed by atoms with E-state index in [0.29, 0.717) is 18.4 Å². The Kier molecular flexibility index (Phi) is 5.39. The van der Waals surface area contributed by atoms with Gasteiger partial charge >= 0.3 is 6.09 Å². The van der Waals surface area contributed by atoms with Crippen LogP contribution in [0.2, 0.25) is 0 Å². The fourth-order valence-electron chi connectivity index (χ4n) is 4.17. The van der Waals surface area contributed by atoms with Gasteiger partial charge in [-0.25, -0.2) is 4.79 Å². The van der Waals surface area contributed by atoms with Crippen molar-refractivity contribution in [2.45, 2.75) is 33.0 Å². The smallest absolute Gasteiger partial charge is 0.410 e. The highest BCUT2D eigenvalue weighted by atomic mass is 16.6. The first-order chi connectivity index (χ1) is 13.9. The Hall–Kier alpha value is -2.69. The van der Waals surface area contributed by atoms with Crippen molar-refractivity contribution in [1.29, 1.82) is 0 Å². The van der Waals surface area contributed by atoms with Crippen LogP contribution in [-0.4, -0.2) is 42.8 Å². The van der Waals surface area contributed by atoms with Gasteiger partial charge in [0.15, 0.2) is 0 Å². The van der Waals surface area contributed by atoms with Crippen LogP contribution < -0.4 is 9.64 Å². The second-order valence-corrected chi connectivity index (χ2v) is 9.08. The van der Waals surface area contributed by atoms with Crippen molar-refractivity contribution in [3.8, 4) is 5.75 Å². The number of likely N-dealkylation sites (tertiary alicyclic amines) is 1. The highest BCUT2D eigenvalue weighted by molar-refractivity contribution is 5.68. The summed E-state index contributed by atoms with van der Waals surface area (Å²) in [7, 11) is 0. The lowest BCUT2D eigenvalue weighted by Crippen LogP contribution is -2.37. The standard InChI is InChI=1S/C24H30N2O3/c1-24(2,3)29-23(27)26-15-19-13-25(14-20(19)16-26)21-9-11-22(12-10-21)28-17-18-7-5-4-6-8-18/h4-12,19-20H,13-17H2,1-3H3. The number of fused-ring (bicyclic) bond motifs is 1. The maximum absolute atomic E-state index is 12.3. The molecule has 2 aliphatic rings. The van der Waals surface area contributed by atoms with Crippen LogP contribution in [0.25, 0.3) is 0 Å². The number of amides is 1. The summed E-state index contributed by atoms with van der Waals surface area (Å²) in [6, 6.07) is 18.5. The lowest BCUT2D eigenvalue weighted by Gasteiger charge is -2.26. The Morgan fingerprint density at radius 3 is 2.14 bits per heavy atom. The molecule has 0 aromatic heterocycles. The Bertz CT molecular complexity index is 815. The zero-order valence-corrected chi connectivity index (χ0v) is 17.5. The van der Waals surface area contributed by atoms with Crippen LogP contribution in [0.3, 0.4) is 0 Å². The zero-order chi connectivity index (χ0) is 20.4. The second kappa shape index (κ2) is 7.97. The van der Waals surface area contributed by atoms with E-state index in [1.165, 1.54) is 11.3 Å². The fourth-order valence-corrected chi connectivity index (χ4v) is 4.17. The summed E-state index contributed by atoms with van der Waals surface area (Å²) in [5.74, 6) is 1.90. The number of hydrogen-bond acceptors (Lipinski definition) is 4. The monoisotopic (exact) mass is 394 g/mol. The molecule has 2 atom stereocenters. The summed E-state index contributed by atoms with van der Waals surface area (Å²) in [4.78, 5) is 16.6. The summed E-state index contributed by atoms with van der Waals surface area (Å²) in [5.41, 5.74) is 1.94. The lowest BCUT2D eigenvalue weighted by molar-refractivity contribution is 0.0282. The Labute approximate surface area is 173 Å². The molecule has 2 aromatic carbocycles. The van der Waals surface area contributed by atoms with Gasteiger partial charge in [0.05, 0.1) is 0 Å². The molecule has 1 amide bonds. The largest absolute Gasteiger partial charge is 0.489 e. The van der Waals surface area contributed by atoms with Gasteiger partial charge in [0.2, 0.25) is 0 Å². The van der Waals surface area contributed by atoms with Crippen LogP contribution in [-0.2, 0) is 11.3 Å². The molecular formula is C24H30N2O3. The molecule has 4 rings (SSSR count). The molecule has 0 aliphatic carbocycles. The van der Waals surface area contributed by atoms with Crippen LogP contribution in [0.4, 0.5) is 10.5 Å². The molecule has 2 aliphatic heterocycles. The van der Waals surface area contributed by atoms with Crippen LogP contribution in [0, 0.1) is 11.8 Å². The summed E-state index contributed by atoms with van der Waals surface area (Å²) < 4.78 is 11.4. The predicted octanol–water partition coefficient (Wildman–Crippen LogP) is 4.57. The van der Waals surface area contributed by atoms with Crippen LogP contribution in [0.5, 0.6) is 5.75 Å². The number of hydrogen-bond donors (Lipinski definition) is 0. The zero-order valence-electron chi connectivity index (χ0n) is 17.5. The average molecular weight is 395 g/mol. The molecule has 0 spiro atoms. The number of carbonyl (C=O) groups is 1. The van der Waals surface area contributed by atoms with E-state index in [1.54, 1.807) is 0 Å². The van der Waals surface area contributed by atoms with Gasteiger partial charge in [-0.15, -0.1) is 0 Å². The molecule has 0 bridgehead atoms. The molecule has 2 unspecified atom stereocenters. The number of nitrogens with zero attached hydrogens (tertiary/aromatic N) is 2. The van der Waals surface area contributed by atoms with E-state index in [2.05, 4.69) is 29.2 Å². The van der Waals surface area contributed by atoms with E-state index in [0.717, 1.165) is 31.9 Å². The van der Waals surface area contributed by atoms with Crippen molar-refractivity contribution in [2.24, 2.45) is 11.8 Å². The molecule has 5 heteroatoms. The molecule has 154 valence electrons. The Morgan fingerprint density at radius 2 is 1.55 bits per heavy atom. The minimum Gasteiger partial charge on any atom is -0.489 e. The summed E-state index contributed by atoms with van der Waals surface area (Å²) in [5, 5.41) is 0. The maximum atomic E-state index is 12.3. The molecule has 0 saturated carbocycles. The minimum atomic E-state index is -0.439. The Balaban J connectivity index is 1.29. The second-order valence-electron chi connectivity index (χ2n) is 9.08. The summed E-state index contributed by atoms with van der Waals surface area (Å²) in [6.07, 6.45) is -0.182. The van der Waals surface area contributed by atoms with Crippen molar-refractivity contribution in [3.63, 3.8) is 0 Å². The summed E-state index contributed by atoms with van der Waals surface area (Å²) in [6.45, 7) is 9.85. The van der Waals surface area contributed by atoms with Crippen LogP contribution in [0.15, 0.2) is 54.6 Å². The third-order valence-electron chi connectivity index (χ3n) is 5.59. The van der Waals surface area contributed by atoms with Crippen LogP contribution in [0.1, 0.15) is 26.3 Å². The molecular weight excluding hydrogens is 364 g/mol. The van der Waals surface area contributed by atoms with Crippen molar-refractivity contribution in [1.82, 2.24) is 4.90 Å². The highest BCUT2D eigenvalue weighted by Gasteiger charge is 2.42. The van der Waals surface area contributed by atoms with Gasteiger partial charge in [-0.1, -0.05) is 30.3 Å². The first-order valence-electron chi connectivity index (χ1n) is 10.4. The number of ether oxygens (including phenoxy) is 2. The van der Waals surface area contributed by atoms with E-state index in [-0.39, 0.29) is 6.09 Å². The third kappa shape index (κ3) is 4.84. The SMILES string of the molecule is CC(C)(C)OC(=O)N1CC2CN(c3ccc(OCc4ccccc4)cc3)CC2C1. The maximum Gasteiger partial charge on any atom is 0.410 e. The first-order valence-corrected chi connectivity index (χ1v) is 10.4. The number of anilines is 1. The van der Waals surface area contributed by atoms with Crippen molar-refractivity contribution in [3.05, 3.63) is 60.2 Å². The van der Waals surface area contributed by atoms with Gasteiger partial charge < -0.3 is 19.3 Å². The first kappa shape index (κ1) is 19.6. The van der Waals surface area contributed by atoms with E-state index in [4.69, 9.17) is 9.47 Å². The van der Waals surface area contributed by atoms with Crippen molar-refractivity contribution >= 4 is 11.8 Å². The third-order valence-corrected chi connectivity index (χ3v) is 5.59. The fraction of sp³-hybridized carbons (Fsp3) is 0.458. The van der Waals surface area contributed by atoms with Crippen LogP contribution >= 0.6 is 0 Å². The molecule has 29 heavy (non-hydrogen) atoms. The predicted molar refractivity (Wildman–Crippen MR) is 114 cm³/mol. The van der Waals surface area contributed by atoms with Crippen molar-refractivity contribution < 1.29 is 14.3 Å². The molecule has 2 heterocycles. The van der Waals surface area contributed by atoms with E-state index < -0.39 is 5.60 Å². The average Bonchev–Trinajstić information content (AvgIpc) is 3.26. The van der Waals surface area contributed by atoms with Crippen molar-refractivity contribution in [2.75, 3.05) is 31.1 Å². The molecule has 2 aromatic rings. The molecule has 0 N–H and O–H groups in total. The lowest BCUT2D eigenvalue weighted by atomic mass is 10.0. The van der Waals surface area contributed by atoms with E-state index in [1.807, 2.05) is 56.0 Å². The van der Waals surface area contributed by atoms with E-state index in [9.17, 15) is 4.79 Å². The van der Waals surface area contributed by atoms with Gasteiger partial charge in [-0.2, -0.15) is 0 Å². The highest BCUT2D eigenvalue weighted by Crippen LogP contribution is 2.35. The normalized spacial score (nSPS) is 21.2. The topological polar surface area (TPSA) is 42.0 Å². The molecule has 2 fully saturated rings. The molecule has 5 nitrogen and oxygen atoms in total. The van der Waals surface area contributed by atoms with Gasteiger partial charge in [-0.3, -0.25) is 0 Å². The quantitative estimate of drug-likeness (QED) is 0.762. The Morgan fingerprint density at radius 1 is 0.931 bits per heavy atom. The van der Waals surface area contributed by atoms with Gasteiger partial charge in [-0.05, 0) is 50.6 Å². The number of carbonyl (C=O) groups excluding carboxylic acids is 1. The number of benzene rings is 2. The van der Waals surface area contributed by atoms with E-state index >= 15 is 0 Å². The molecule has 2 saturated heterocycles.